The van der Waals surface area contributed by atoms with E-state index >= 15 is 0 Å². The molecule has 1 aromatic heterocycles. The van der Waals surface area contributed by atoms with Crippen LogP contribution in [-0.4, -0.2) is 43.0 Å². The van der Waals surface area contributed by atoms with Gasteiger partial charge in [0.2, 0.25) is 0 Å². The highest BCUT2D eigenvalue weighted by Gasteiger charge is 2.07. The van der Waals surface area contributed by atoms with Crippen molar-refractivity contribution in [1.82, 2.24) is 15.1 Å². The summed E-state index contributed by atoms with van der Waals surface area (Å²) < 4.78 is 12.7. The molecule has 0 fully saturated rings. The molecule has 0 aliphatic heterocycles. The Hall–Kier alpha value is -1.97. The van der Waals surface area contributed by atoms with Crippen molar-refractivity contribution in [2.24, 2.45) is 12.0 Å². The molecule has 0 unspecified atom stereocenters. The average Bonchev–Trinajstić information content (AvgIpc) is 3.00. The van der Waals surface area contributed by atoms with Crippen LogP contribution in [-0.2, 0) is 13.5 Å². The van der Waals surface area contributed by atoms with Gasteiger partial charge < -0.3 is 20.1 Å². The molecule has 2 aromatic rings. The molecule has 0 saturated carbocycles. The second-order valence-electron chi connectivity index (χ2n) is 5.19. The van der Waals surface area contributed by atoms with Gasteiger partial charge in [0.15, 0.2) is 17.5 Å². The van der Waals surface area contributed by atoms with Crippen molar-refractivity contribution in [2.45, 2.75) is 13.3 Å². The van der Waals surface area contributed by atoms with Crippen LogP contribution in [0.15, 0.2) is 35.6 Å². The Bertz CT molecular complexity index is 687. The van der Waals surface area contributed by atoms with Crippen molar-refractivity contribution >= 4 is 35.6 Å². The third-order valence-corrected chi connectivity index (χ3v) is 3.41. The van der Waals surface area contributed by atoms with E-state index in [0.717, 1.165) is 24.4 Å². The van der Waals surface area contributed by atoms with Gasteiger partial charge in [0.1, 0.15) is 0 Å². The van der Waals surface area contributed by atoms with Crippen LogP contribution in [0.25, 0.3) is 0 Å². The zero-order chi connectivity index (χ0) is 17.4. The van der Waals surface area contributed by atoms with Crippen LogP contribution in [0.3, 0.4) is 0 Å². The fraction of sp³-hybridized carbons (Fsp3) is 0.412. The molecule has 0 saturated heterocycles. The van der Waals surface area contributed by atoms with Crippen molar-refractivity contribution in [2.75, 3.05) is 32.6 Å². The van der Waals surface area contributed by atoms with Crippen LogP contribution in [0.4, 0.5) is 5.69 Å². The first-order valence-electron chi connectivity index (χ1n) is 7.92. The minimum Gasteiger partial charge on any atom is -0.493 e. The number of hydrogen-bond donors (Lipinski definition) is 2. The summed E-state index contributed by atoms with van der Waals surface area (Å²) >= 11 is 0. The number of benzene rings is 1. The number of hydrogen-bond acceptors (Lipinski definition) is 4. The first kappa shape index (κ1) is 21.1. The van der Waals surface area contributed by atoms with Gasteiger partial charge in [-0.05, 0) is 31.0 Å². The number of methoxy groups -OCH3 is 1. The second-order valence-corrected chi connectivity index (χ2v) is 5.19. The summed E-state index contributed by atoms with van der Waals surface area (Å²) in [4.78, 5) is 4.24. The monoisotopic (exact) mass is 459 g/mol. The van der Waals surface area contributed by atoms with E-state index in [1.807, 2.05) is 44.6 Å². The van der Waals surface area contributed by atoms with Gasteiger partial charge in [0.25, 0.3) is 0 Å². The molecule has 7 nitrogen and oxygen atoms in total. The maximum Gasteiger partial charge on any atom is 0.195 e. The van der Waals surface area contributed by atoms with Crippen molar-refractivity contribution in [3.8, 4) is 11.5 Å². The van der Waals surface area contributed by atoms with Gasteiger partial charge in [0, 0.05) is 38.6 Å². The summed E-state index contributed by atoms with van der Waals surface area (Å²) in [6.45, 7) is 3.31. The van der Waals surface area contributed by atoms with Gasteiger partial charge in [-0.15, -0.1) is 24.0 Å². The molecule has 0 aliphatic carbocycles. The molecule has 0 radical (unpaired) electrons. The van der Waals surface area contributed by atoms with E-state index in [1.165, 1.54) is 5.56 Å². The molecule has 0 spiro atoms. The van der Waals surface area contributed by atoms with Gasteiger partial charge >= 0.3 is 0 Å². The molecular weight excluding hydrogens is 433 g/mol. The molecule has 0 atom stereocenters. The average molecular weight is 459 g/mol. The van der Waals surface area contributed by atoms with E-state index in [4.69, 9.17) is 9.47 Å². The summed E-state index contributed by atoms with van der Waals surface area (Å²) in [5.74, 6) is 2.11. The maximum atomic E-state index is 5.52. The number of rotatable bonds is 7. The normalized spacial score (nSPS) is 10.8. The predicted octanol–water partition coefficient (Wildman–Crippen LogP) is 2.68. The van der Waals surface area contributed by atoms with Crippen LogP contribution >= 0.6 is 24.0 Å². The molecule has 1 aromatic carbocycles. The van der Waals surface area contributed by atoms with Crippen LogP contribution in [0.2, 0.25) is 0 Å². The number of aliphatic imine (C=N–C) groups is 1. The Morgan fingerprint density at radius 1 is 1.32 bits per heavy atom. The number of anilines is 1. The molecule has 25 heavy (non-hydrogen) atoms. The minimum atomic E-state index is 0. The first-order chi connectivity index (χ1) is 11.7. The van der Waals surface area contributed by atoms with E-state index < -0.39 is 0 Å². The van der Waals surface area contributed by atoms with Crippen molar-refractivity contribution in [1.29, 1.82) is 0 Å². The quantitative estimate of drug-likeness (QED) is 0.379. The topological polar surface area (TPSA) is 72.7 Å². The van der Waals surface area contributed by atoms with E-state index in [0.29, 0.717) is 18.3 Å². The lowest BCUT2D eigenvalue weighted by molar-refractivity contribution is 0.311. The Morgan fingerprint density at radius 2 is 2.12 bits per heavy atom. The lowest BCUT2D eigenvalue weighted by Crippen LogP contribution is -2.32. The van der Waals surface area contributed by atoms with E-state index in [1.54, 1.807) is 18.8 Å². The number of halogens is 1. The van der Waals surface area contributed by atoms with Gasteiger partial charge in [-0.25, -0.2) is 0 Å². The molecule has 0 bridgehead atoms. The number of aryl methyl sites for hydroxylation is 1. The zero-order valence-electron chi connectivity index (χ0n) is 15.1. The smallest absolute Gasteiger partial charge is 0.195 e. The van der Waals surface area contributed by atoms with E-state index in [-0.39, 0.29) is 24.0 Å². The molecule has 0 amide bonds. The zero-order valence-corrected chi connectivity index (χ0v) is 17.4. The van der Waals surface area contributed by atoms with Crippen molar-refractivity contribution < 1.29 is 9.47 Å². The number of guanidine groups is 1. The molecule has 2 N–H and O–H groups in total. The fourth-order valence-corrected chi connectivity index (χ4v) is 2.26. The van der Waals surface area contributed by atoms with E-state index in [9.17, 15) is 0 Å². The predicted molar refractivity (Wildman–Crippen MR) is 111 cm³/mol. The number of nitrogens with one attached hydrogen (secondary N) is 2. The van der Waals surface area contributed by atoms with Crippen LogP contribution < -0.4 is 20.1 Å². The summed E-state index contributed by atoms with van der Waals surface area (Å²) in [5, 5.41) is 10.7. The fourth-order valence-electron chi connectivity index (χ4n) is 2.26. The SMILES string of the molecule is CCOc1ccc(NC(=NC)NCCc2cnn(C)c2)cc1OC.I. The summed E-state index contributed by atoms with van der Waals surface area (Å²) in [6, 6.07) is 5.70. The lowest BCUT2D eigenvalue weighted by atomic mass is 10.2. The third kappa shape index (κ3) is 6.45. The van der Waals surface area contributed by atoms with Gasteiger partial charge in [-0.3, -0.25) is 9.67 Å². The third-order valence-electron chi connectivity index (χ3n) is 3.41. The Balaban J connectivity index is 0.00000312. The van der Waals surface area contributed by atoms with Crippen LogP contribution in [0.1, 0.15) is 12.5 Å². The molecule has 138 valence electrons. The van der Waals surface area contributed by atoms with E-state index in [2.05, 4.69) is 20.7 Å². The van der Waals surface area contributed by atoms with Crippen LogP contribution in [0.5, 0.6) is 11.5 Å². The minimum absolute atomic E-state index is 0. The number of nitrogens with zero attached hydrogens (tertiary/aromatic N) is 3. The Kier molecular flexibility index (Phi) is 9.11. The highest BCUT2D eigenvalue weighted by molar-refractivity contribution is 14.0. The van der Waals surface area contributed by atoms with Crippen molar-refractivity contribution in [3.63, 3.8) is 0 Å². The second kappa shape index (κ2) is 10.8. The summed E-state index contributed by atoms with van der Waals surface area (Å²) in [6.07, 6.45) is 4.76. The standard InChI is InChI=1S/C17H25N5O2.HI/c1-5-24-15-7-6-14(10-16(15)23-4)21-17(18-2)19-9-8-13-11-20-22(3)12-13;/h6-7,10-12H,5,8-9H2,1-4H3,(H2,18,19,21);1H. The van der Waals surface area contributed by atoms with Gasteiger partial charge in [-0.1, -0.05) is 0 Å². The van der Waals surface area contributed by atoms with Gasteiger partial charge in [0.05, 0.1) is 19.9 Å². The number of aromatic nitrogens is 2. The summed E-state index contributed by atoms with van der Waals surface area (Å²) in [7, 11) is 5.28. The largest absolute Gasteiger partial charge is 0.493 e. The molecule has 2 rings (SSSR count). The molecule has 1 heterocycles. The number of ether oxygens (including phenoxy) is 2. The van der Waals surface area contributed by atoms with Crippen LogP contribution in [0, 0.1) is 0 Å². The molecule has 0 aliphatic rings. The molecule has 8 heteroatoms. The highest BCUT2D eigenvalue weighted by atomic mass is 127. The lowest BCUT2D eigenvalue weighted by Gasteiger charge is -2.14. The first-order valence-corrected chi connectivity index (χ1v) is 7.92. The summed E-state index contributed by atoms with van der Waals surface area (Å²) in [5.41, 5.74) is 2.06. The maximum absolute atomic E-state index is 5.52. The highest BCUT2D eigenvalue weighted by Crippen LogP contribution is 2.30. The van der Waals surface area contributed by atoms with Gasteiger partial charge in [-0.2, -0.15) is 5.10 Å². The Labute approximate surface area is 165 Å². The Morgan fingerprint density at radius 3 is 2.72 bits per heavy atom. The molecular formula is C17H26IN5O2. The van der Waals surface area contributed by atoms with Crippen molar-refractivity contribution in [3.05, 3.63) is 36.2 Å².